The number of carboxylic acid groups (broad SMARTS) is 1. The van der Waals surface area contributed by atoms with E-state index in [1.807, 2.05) is 12.1 Å². The highest BCUT2D eigenvalue weighted by molar-refractivity contribution is 6.03. The summed E-state index contributed by atoms with van der Waals surface area (Å²) in [6, 6.07) is 7.62. The molecule has 2 N–H and O–H groups in total. The van der Waals surface area contributed by atoms with E-state index in [9.17, 15) is 15.0 Å². The Morgan fingerprint density at radius 3 is 2.71 bits per heavy atom. The molecule has 1 fully saturated rings. The van der Waals surface area contributed by atoms with Gasteiger partial charge in [0, 0.05) is 18.0 Å². The van der Waals surface area contributed by atoms with Crippen LogP contribution in [0.25, 0.3) is 11.0 Å². The van der Waals surface area contributed by atoms with Crippen molar-refractivity contribution in [3.05, 3.63) is 35.6 Å². The molecule has 5 heteroatoms. The number of benzene rings is 1. The normalized spacial score (nSPS) is 15.5. The third-order valence-corrected chi connectivity index (χ3v) is 4.21. The van der Waals surface area contributed by atoms with E-state index in [2.05, 4.69) is 4.90 Å². The molecule has 1 saturated carbocycles. The number of aliphatic hydroxyl groups excluding tert-OH is 1. The molecule has 0 amide bonds. The molecular weight excluding hydrogens is 270 g/mol. The lowest BCUT2D eigenvalue weighted by molar-refractivity contribution is 0.0682. The number of carbonyl (C=O) groups is 1. The molecule has 0 saturated heterocycles. The highest BCUT2D eigenvalue weighted by Gasteiger charge is 2.28. The van der Waals surface area contributed by atoms with Crippen molar-refractivity contribution in [3.8, 4) is 0 Å². The van der Waals surface area contributed by atoms with Crippen molar-refractivity contribution < 1.29 is 19.4 Å². The van der Waals surface area contributed by atoms with Gasteiger partial charge < -0.3 is 14.6 Å². The van der Waals surface area contributed by atoms with E-state index in [-0.39, 0.29) is 12.2 Å². The number of hydrogen-bond acceptors (Lipinski definition) is 4. The lowest BCUT2D eigenvalue weighted by atomic mass is 9.91. The maximum absolute atomic E-state index is 11.6. The summed E-state index contributed by atoms with van der Waals surface area (Å²) in [5.74, 6) is -0.489. The molecule has 0 unspecified atom stereocenters. The highest BCUT2D eigenvalue weighted by atomic mass is 16.4. The third-order valence-electron chi connectivity index (χ3n) is 4.21. The molecule has 0 aliphatic heterocycles. The summed E-state index contributed by atoms with van der Waals surface area (Å²) < 4.78 is 5.75. The molecule has 1 aromatic carbocycles. The molecular formula is C16H19NO4. The number of nitrogens with zero attached hydrogens (tertiary/aromatic N) is 1. The minimum atomic E-state index is -0.965. The summed E-state index contributed by atoms with van der Waals surface area (Å²) in [7, 11) is 0. The van der Waals surface area contributed by atoms with Crippen LogP contribution in [0, 0.1) is 0 Å². The minimum absolute atomic E-state index is 0.0686. The maximum Gasteiger partial charge on any atom is 0.339 e. The van der Waals surface area contributed by atoms with E-state index in [1.54, 1.807) is 12.1 Å². The van der Waals surface area contributed by atoms with Gasteiger partial charge in [0.15, 0.2) is 0 Å². The zero-order valence-electron chi connectivity index (χ0n) is 11.8. The van der Waals surface area contributed by atoms with E-state index in [0.29, 0.717) is 35.9 Å². The number of aromatic carboxylic acids is 1. The number of carboxylic acids is 1. The van der Waals surface area contributed by atoms with Crippen LogP contribution >= 0.6 is 0 Å². The summed E-state index contributed by atoms with van der Waals surface area (Å²) >= 11 is 0. The van der Waals surface area contributed by atoms with Crippen molar-refractivity contribution in [2.45, 2.75) is 31.8 Å². The third kappa shape index (κ3) is 2.66. The molecule has 1 aliphatic rings. The van der Waals surface area contributed by atoms with Gasteiger partial charge in [0.05, 0.1) is 13.2 Å². The van der Waals surface area contributed by atoms with Crippen LogP contribution in [0.2, 0.25) is 0 Å². The number of para-hydroxylation sites is 1. The van der Waals surface area contributed by atoms with Gasteiger partial charge in [-0.2, -0.15) is 0 Å². The summed E-state index contributed by atoms with van der Waals surface area (Å²) in [6.45, 7) is 1.04. The molecule has 21 heavy (non-hydrogen) atoms. The molecule has 112 valence electrons. The smallest absolute Gasteiger partial charge is 0.339 e. The van der Waals surface area contributed by atoms with E-state index < -0.39 is 5.97 Å². The van der Waals surface area contributed by atoms with Crippen molar-refractivity contribution in [1.82, 2.24) is 4.90 Å². The number of fused-ring (bicyclic) bond motifs is 1. The predicted octanol–water partition coefficient (Wildman–Crippen LogP) is 2.48. The summed E-state index contributed by atoms with van der Waals surface area (Å²) in [5, 5.41) is 19.3. The van der Waals surface area contributed by atoms with Gasteiger partial charge in [0.2, 0.25) is 0 Å². The fourth-order valence-electron chi connectivity index (χ4n) is 2.90. The van der Waals surface area contributed by atoms with E-state index >= 15 is 0 Å². The van der Waals surface area contributed by atoms with Gasteiger partial charge in [-0.25, -0.2) is 4.79 Å². The zero-order valence-corrected chi connectivity index (χ0v) is 11.8. The van der Waals surface area contributed by atoms with Gasteiger partial charge in [0.25, 0.3) is 0 Å². The fraction of sp³-hybridized carbons (Fsp3) is 0.438. The van der Waals surface area contributed by atoms with E-state index in [1.165, 1.54) is 6.42 Å². The van der Waals surface area contributed by atoms with Gasteiger partial charge in [-0.05, 0) is 18.9 Å². The second-order valence-corrected chi connectivity index (χ2v) is 5.48. The first-order valence-corrected chi connectivity index (χ1v) is 7.29. The average molecular weight is 289 g/mol. The van der Waals surface area contributed by atoms with E-state index in [0.717, 1.165) is 12.8 Å². The first-order valence-electron chi connectivity index (χ1n) is 7.29. The minimum Gasteiger partial charge on any atom is -0.478 e. The lowest BCUT2D eigenvalue weighted by Gasteiger charge is -2.36. The number of aliphatic hydroxyl groups is 1. The molecule has 0 atom stereocenters. The quantitative estimate of drug-likeness (QED) is 0.854. The Balaban J connectivity index is 1.94. The largest absolute Gasteiger partial charge is 0.478 e. The Labute approximate surface area is 122 Å². The summed E-state index contributed by atoms with van der Waals surface area (Å²) in [4.78, 5) is 13.7. The Hall–Kier alpha value is -1.85. The Morgan fingerprint density at radius 1 is 1.33 bits per heavy atom. The van der Waals surface area contributed by atoms with Gasteiger partial charge in [0.1, 0.15) is 16.9 Å². The first-order chi connectivity index (χ1) is 10.2. The molecule has 0 spiro atoms. The van der Waals surface area contributed by atoms with Gasteiger partial charge in [-0.15, -0.1) is 0 Å². The highest BCUT2D eigenvalue weighted by Crippen LogP contribution is 2.30. The molecule has 1 heterocycles. The van der Waals surface area contributed by atoms with Crippen LogP contribution in [0.1, 0.15) is 35.4 Å². The Morgan fingerprint density at radius 2 is 2.10 bits per heavy atom. The molecule has 0 radical (unpaired) electrons. The monoisotopic (exact) mass is 289 g/mol. The predicted molar refractivity (Wildman–Crippen MR) is 78.3 cm³/mol. The number of rotatable bonds is 6. The van der Waals surface area contributed by atoms with Crippen LogP contribution in [0.4, 0.5) is 0 Å². The van der Waals surface area contributed by atoms with Crippen molar-refractivity contribution in [3.63, 3.8) is 0 Å². The fourth-order valence-corrected chi connectivity index (χ4v) is 2.90. The first kappa shape index (κ1) is 14.1. The molecule has 2 aromatic rings. The van der Waals surface area contributed by atoms with Crippen LogP contribution in [0.5, 0.6) is 0 Å². The lowest BCUT2D eigenvalue weighted by Crippen LogP contribution is -2.41. The maximum atomic E-state index is 11.6. The second kappa shape index (κ2) is 5.87. The van der Waals surface area contributed by atoms with Crippen molar-refractivity contribution in [2.75, 3.05) is 13.2 Å². The van der Waals surface area contributed by atoms with E-state index in [4.69, 9.17) is 4.42 Å². The molecule has 1 aromatic heterocycles. The van der Waals surface area contributed by atoms with Gasteiger partial charge >= 0.3 is 5.97 Å². The molecule has 3 rings (SSSR count). The number of hydrogen-bond donors (Lipinski definition) is 2. The van der Waals surface area contributed by atoms with Crippen LogP contribution in [0.15, 0.2) is 28.7 Å². The SMILES string of the molecule is O=C(O)c1c(CN(CCO)C2CCC2)oc2ccccc12. The standard InChI is InChI=1S/C16H19NO4/c18-9-8-17(11-4-3-5-11)10-14-15(16(19)20)12-6-1-2-7-13(12)21-14/h1-2,6-7,11,18H,3-5,8-10H2,(H,19,20). The van der Waals surface area contributed by atoms with Crippen LogP contribution in [-0.2, 0) is 6.54 Å². The van der Waals surface area contributed by atoms with Crippen molar-refractivity contribution in [1.29, 1.82) is 0 Å². The number of furan rings is 1. The topological polar surface area (TPSA) is 73.9 Å². The Bertz CT molecular complexity index is 645. The van der Waals surface area contributed by atoms with Gasteiger partial charge in [-0.1, -0.05) is 24.6 Å². The second-order valence-electron chi connectivity index (χ2n) is 5.48. The van der Waals surface area contributed by atoms with Crippen LogP contribution in [-0.4, -0.2) is 40.3 Å². The summed E-state index contributed by atoms with van der Waals surface area (Å²) in [5.41, 5.74) is 0.843. The van der Waals surface area contributed by atoms with Crippen molar-refractivity contribution in [2.24, 2.45) is 0 Å². The molecule has 0 bridgehead atoms. The summed E-state index contributed by atoms with van der Waals surface area (Å²) in [6.07, 6.45) is 3.39. The van der Waals surface area contributed by atoms with Gasteiger partial charge in [-0.3, -0.25) is 4.90 Å². The van der Waals surface area contributed by atoms with Crippen molar-refractivity contribution >= 4 is 16.9 Å². The molecule has 5 nitrogen and oxygen atoms in total. The van der Waals surface area contributed by atoms with Crippen LogP contribution in [0.3, 0.4) is 0 Å². The average Bonchev–Trinajstić information content (AvgIpc) is 2.74. The Kier molecular flexibility index (Phi) is 3.94. The zero-order chi connectivity index (χ0) is 14.8. The molecule has 1 aliphatic carbocycles. The van der Waals surface area contributed by atoms with Crippen LogP contribution < -0.4 is 0 Å².